The minimum Gasteiger partial charge on any atom is -0.465 e. The van der Waals surface area contributed by atoms with Gasteiger partial charge in [-0.15, -0.1) is 0 Å². The summed E-state index contributed by atoms with van der Waals surface area (Å²) < 4.78 is 10.0. The van der Waals surface area contributed by atoms with E-state index in [0.29, 0.717) is 12.0 Å². The molecule has 0 spiro atoms. The van der Waals surface area contributed by atoms with Gasteiger partial charge in [0.1, 0.15) is 11.8 Å². The monoisotopic (exact) mass is 250 g/mol. The van der Waals surface area contributed by atoms with Crippen molar-refractivity contribution in [2.45, 2.75) is 18.3 Å². The standard InChI is InChI=1S/C12H14N2O4/c1-17-10(7-15)14-9(11(13)12(14)16)5-4-8-3-2-6-18-8/h2-7,9-11H,13H2,1H3. The second-order valence-corrected chi connectivity index (χ2v) is 3.90. The minimum absolute atomic E-state index is 0.303. The third-order valence-corrected chi connectivity index (χ3v) is 2.86. The Hall–Kier alpha value is -1.92. The average molecular weight is 250 g/mol. The first-order valence-electron chi connectivity index (χ1n) is 5.46. The van der Waals surface area contributed by atoms with Crippen LogP contribution in [0.25, 0.3) is 6.08 Å². The second-order valence-electron chi connectivity index (χ2n) is 3.90. The molecule has 0 saturated carbocycles. The number of methoxy groups -OCH3 is 1. The van der Waals surface area contributed by atoms with Crippen molar-refractivity contribution in [3.05, 3.63) is 30.2 Å². The van der Waals surface area contributed by atoms with Crippen LogP contribution in [0.1, 0.15) is 5.76 Å². The number of hydrogen-bond acceptors (Lipinski definition) is 5. The predicted octanol–water partition coefficient (Wildman–Crippen LogP) is 0.00230. The highest BCUT2D eigenvalue weighted by Crippen LogP contribution is 2.23. The van der Waals surface area contributed by atoms with Crippen molar-refractivity contribution in [1.82, 2.24) is 4.90 Å². The topological polar surface area (TPSA) is 85.8 Å². The van der Waals surface area contributed by atoms with Crippen LogP contribution in [-0.4, -0.2) is 42.5 Å². The number of carbonyl (C=O) groups excluding carboxylic acids is 2. The Bertz CT molecular complexity index is 455. The maximum atomic E-state index is 11.6. The van der Waals surface area contributed by atoms with E-state index in [4.69, 9.17) is 14.9 Å². The minimum atomic E-state index is -0.899. The van der Waals surface area contributed by atoms with Crippen LogP contribution < -0.4 is 5.73 Å². The number of nitrogens with zero attached hydrogens (tertiary/aromatic N) is 1. The van der Waals surface area contributed by atoms with Crippen LogP contribution in [0.4, 0.5) is 0 Å². The van der Waals surface area contributed by atoms with Crippen molar-refractivity contribution in [2.75, 3.05) is 7.11 Å². The maximum Gasteiger partial charge on any atom is 0.244 e. The molecule has 1 amide bonds. The predicted molar refractivity (Wildman–Crippen MR) is 63.2 cm³/mol. The van der Waals surface area contributed by atoms with Crippen molar-refractivity contribution in [3.8, 4) is 0 Å². The van der Waals surface area contributed by atoms with Gasteiger partial charge in [-0.1, -0.05) is 6.08 Å². The number of amides is 1. The Balaban J connectivity index is 2.11. The van der Waals surface area contributed by atoms with Crippen molar-refractivity contribution in [3.63, 3.8) is 0 Å². The molecule has 1 fully saturated rings. The summed E-state index contributed by atoms with van der Waals surface area (Å²) in [5.74, 6) is 0.351. The lowest BCUT2D eigenvalue weighted by Gasteiger charge is -2.45. The summed E-state index contributed by atoms with van der Waals surface area (Å²) in [6.07, 6.45) is 4.65. The van der Waals surface area contributed by atoms with Gasteiger partial charge in [0.05, 0.1) is 12.3 Å². The van der Waals surface area contributed by atoms with E-state index in [1.165, 1.54) is 12.0 Å². The van der Waals surface area contributed by atoms with E-state index in [2.05, 4.69) is 0 Å². The average Bonchev–Trinajstić information content (AvgIpc) is 2.90. The smallest absolute Gasteiger partial charge is 0.244 e. The zero-order valence-corrected chi connectivity index (χ0v) is 9.85. The fourth-order valence-electron chi connectivity index (χ4n) is 1.88. The van der Waals surface area contributed by atoms with E-state index in [1.54, 1.807) is 30.5 Å². The number of hydrogen-bond donors (Lipinski definition) is 1. The highest BCUT2D eigenvalue weighted by atomic mass is 16.5. The highest BCUT2D eigenvalue weighted by Gasteiger charge is 2.47. The van der Waals surface area contributed by atoms with Gasteiger partial charge < -0.3 is 19.8 Å². The van der Waals surface area contributed by atoms with Crippen LogP contribution in [0.5, 0.6) is 0 Å². The first-order chi connectivity index (χ1) is 8.69. The van der Waals surface area contributed by atoms with Crippen molar-refractivity contribution in [2.24, 2.45) is 5.73 Å². The number of ether oxygens (including phenoxy) is 1. The molecule has 6 heteroatoms. The van der Waals surface area contributed by atoms with Gasteiger partial charge in [-0.25, -0.2) is 0 Å². The number of aldehydes is 1. The van der Waals surface area contributed by atoms with Gasteiger partial charge in [0.15, 0.2) is 12.5 Å². The summed E-state index contributed by atoms with van der Waals surface area (Å²) in [7, 11) is 1.36. The molecule has 1 aliphatic heterocycles. The molecule has 0 bridgehead atoms. The van der Waals surface area contributed by atoms with E-state index in [9.17, 15) is 9.59 Å². The van der Waals surface area contributed by atoms with Gasteiger partial charge in [0.25, 0.3) is 0 Å². The fraction of sp³-hybridized carbons (Fsp3) is 0.333. The van der Waals surface area contributed by atoms with Crippen LogP contribution in [0.15, 0.2) is 28.9 Å². The number of carbonyl (C=O) groups is 2. The van der Waals surface area contributed by atoms with Gasteiger partial charge >= 0.3 is 0 Å². The Kier molecular flexibility index (Phi) is 3.59. The summed E-state index contributed by atoms with van der Waals surface area (Å²) in [6.45, 7) is 0. The van der Waals surface area contributed by atoms with E-state index >= 15 is 0 Å². The molecule has 0 aromatic carbocycles. The number of nitrogens with two attached hydrogens (primary N) is 1. The summed E-state index contributed by atoms with van der Waals surface area (Å²) in [6, 6.07) is 2.53. The zero-order chi connectivity index (χ0) is 13.1. The molecular formula is C12H14N2O4. The van der Waals surface area contributed by atoms with Crippen LogP contribution in [0.3, 0.4) is 0 Å². The third-order valence-electron chi connectivity index (χ3n) is 2.86. The molecule has 2 rings (SSSR count). The fourth-order valence-corrected chi connectivity index (χ4v) is 1.88. The van der Waals surface area contributed by atoms with Crippen LogP contribution in [0.2, 0.25) is 0 Å². The molecular weight excluding hydrogens is 236 g/mol. The van der Waals surface area contributed by atoms with Crippen LogP contribution in [-0.2, 0) is 14.3 Å². The molecule has 2 N–H and O–H groups in total. The molecule has 0 aliphatic carbocycles. The van der Waals surface area contributed by atoms with Crippen molar-refractivity contribution >= 4 is 18.3 Å². The number of likely N-dealkylation sites (tertiary alicyclic amines) is 1. The summed E-state index contributed by atoms with van der Waals surface area (Å²) in [5.41, 5.74) is 5.70. The van der Waals surface area contributed by atoms with E-state index in [-0.39, 0.29) is 11.9 Å². The van der Waals surface area contributed by atoms with Gasteiger partial charge in [0.2, 0.25) is 5.91 Å². The number of β-lactam (4-membered cyclic amide) rings is 1. The Morgan fingerprint density at radius 2 is 2.39 bits per heavy atom. The lowest BCUT2D eigenvalue weighted by molar-refractivity contribution is -0.168. The lowest BCUT2D eigenvalue weighted by atomic mass is 9.95. The molecule has 1 aromatic rings. The Morgan fingerprint density at radius 3 is 2.94 bits per heavy atom. The largest absolute Gasteiger partial charge is 0.465 e. The van der Waals surface area contributed by atoms with Gasteiger partial charge in [0, 0.05) is 7.11 Å². The summed E-state index contributed by atoms with van der Waals surface area (Å²) in [4.78, 5) is 23.7. The molecule has 1 saturated heterocycles. The van der Waals surface area contributed by atoms with Crippen LogP contribution in [0, 0.1) is 0 Å². The summed E-state index contributed by atoms with van der Waals surface area (Å²) >= 11 is 0. The van der Waals surface area contributed by atoms with E-state index in [1.807, 2.05) is 0 Å². The number of rotatable bonds is 5. The Morgan fingerprint density at radius 1 is 1.61 bits per heavy atom. The van der Waals surface area contributed by atoms with Crippen LogP contribution >= 0.6 is 0 Å². The molecule has 0 radical (unpaired) electrons. The highest BCUT2D eigenvalue weighted by molar-refractivity contribution is 5.92. The van der Waals surface area contributed by atoms with E-state index < -0.39 is 12.3 Å². The van der Waals surface area contributed by atoms with Crippen molar-refractivity contribution in [1.29, 1.82) is 0 Å². The van der Waals surface area contributed by atoms with Gasteiger partial charge in [-0.2, -0.15) is 0 Å². The summed E-state index contributed by atoms with van der Waals surface area (Å²) in [5, 5.41) is 0. The molecule has 1 aromatic heterocycles. The lowest BCUT2D eigenvalue weighted by Crippen LogP contribution is -2.71. The molecule has 6 nitrogen and oxygen atoms in total. The van der Waals surface area contributed by atoms with E-state index in [0.717, 1.165) is 0 Å². The molecule has 18 heavy (non-hydrogen) atoms. The molecule has 2 heterocycles. The number of furan rings is 1. The normalized spacial score (nSPS) is 25.2. The third kappa shape index (κ3) is 2.07. The molecule has 1 aliphatic rings. The second kappa shape index (κ2) is 5.16. The zero-order valence-electron chi connectivity index (χ0n) is 9.85. The molecule has 3 atom stereocenters. The SMILES string of the molecule is COC(C=O)N1C(=O)C(N)C1C=Cc1ccco1. The van der Waals surface area contributed by atoms with Gasteiger partial charge in [-0.3, -0.25) is 9.59 Å². The first-order valence-corrected chi connectivity index (χ1v) is 5.46. The quantitative estimate of drug-likeness (QED) is 0.587. The molecule has 96 valence electrons. The van der Waals surface area contributed by atoms with Crippen molar-refractivity contribution < 1.29 is 18.7 Å². The van der Waals surface area contributed by atoms with Gasteiger partial charge in [-0.05, 0) is 18.2 Å². The first kappa shape index (κ1) is 12.5. The maximum absolute atomic E-state index is 11.6. The molecule has 3 unspecified atom stereocenters. The Labute approximate surface area is 104 Å².